The lowest BCUT2D eigenvalue weighted by Gasteiger charge is -2.35. The van der Waals surface area contributed by atoms with E-state index in [1.165, 1.54) is 83.0 Å². The number of rotatable bonds is 19. The fourth-order valence-corrected chi connectivity index (χ4v) is 12.0. The van der Waals surface area contributed by atoms with E-state index in [2.05, 4.69) is 78.3 Å². The molecule has 6 aromatic heterocycles. The van der Waals surface area contributed by atoms with Crippen LogP contribution in [0.3, 0.4) is 0 Å². The Morgan fingerprint density at radius 2 is 0.831 bits per heavy atom. The van der Waals surface area contributed by atoms with Gasteiger partial charge in [-0.2, -0.15) is 30.7 Å². The number of aliphatic hydroxyl groups excluding tert-OH is 1. The Morgan fingerprint density at radius 3 is 1.17 bits per heavy atom. The first-order chi connectivity index (χ1) is 58.5. The van der Waals surface area contributed by atoms with Crippen molar-refractivity contribution in [2.24, 2.45) is 0 Å². The Hall–Kier alpha value is -13.9. The molecule has 34 nitrogen and oxygen atoms in total. The maximum atomic E-state index is 15.0. The van der Waals surface area contributed by atoms with E-state index in [1.807, 2.05) is 0 Å². The van der Waals surface area contributed by atoms with Gasteiger partial charge in [0.2, 0.25) is 17.6 Å². The van der Waals surface area contributed by atoms with Crippen molar-refractivity contribution in [3.05, 3.63) is 167 Å². The van der Waals surface area contributed by atoms with Crippen LogP contribution in [-0.4, -0.2) is 255 Å². The topological polar surface area (TPSA) is 422 Å². The Balaban J connectivity index is 0.000000215. The van der Waals surface area contributed by atoms with Gasteiger partial charge in [0.05, 0.1) is 74.3 Å². The molecule has 654 valence electrons. The van der Waals surface area contributed by atoms with E-state index in [1.54, 1.807) is 181 Å². The van der Waals surface area contributed by atoms with Gasteiger partial charge in [-0.1, -0.05) is 0 Å². The summed E-state index contributed by atoms with van der Waals surface area (Å²) in [5.74, 6) is 2.37. The minimum Gasteiger partial charge on any atom is -0.486 e. The summed E-state index contributed by atoms with van der Waals surface area (Å²) in [7, 11) is 14.2. The summed E-state index contributed by atoms with van der Waals surface area (Å²) in [6.45, 7) is 11.8. The number of pyridine rings is 3. The Morgan fingerprint density at radius 1 is 0.476 bits per heavy atom. The highest BCUT2D eigenvalue weighted by Gasteiger charge is 2.37. The van der Waals surface area contributed by atoms with Crippen molar-refractivity contribution in [2.75, 3.05) is 119 Å². The average Bonchev–Trinajstić information content (AvgIpc) is 0.807. The lowest BCUT2D eigenvalue weighted by atomic mass is 10.0. The predicted octanol–water partition coefficient (Wildman–Crippen LogP) is 12.3. The molecule has 0 saturated carbocycles. The van der Waals surface area contributed by atoms with Gasteiger partial charge in [-0.25, -0.2) is 57.1 Å². The maximum absolute atomic E-state index is 15.0. The third-order valence-corrected chi connectivity index (χ3v) is 18.2. The van der Waals surface area contributed by atoms with Gasteiger partial charge in [0, 0.05) is 103 Å². The van der Waals surface area contributed by atoms with E-state index in [0.29, 0.717) is 116 Å². The lowest BCUT2D eigenvalue weighted by Crippen LogP contribution is -2.50. The lowest BCUT2D eigenvalue weighted by molar-refractivity contribution is -0.0176. The molecule has 3 saturated heterocycles. The fraction of sp³-hybridized carbons (Fsp3) is 0.376. The molecule has 0 bridgehead atoms. The quantitative estimate of drug-likeness (QED) is 0.0469. The number of methoxy groups -OCH3 is 3. The number of piperidine rings is 3. The number of nitriles is 3. The maximum Gasteiger partial charge on any atom is 0.410 e. The molecule has 3 fully saturated rings. The van der Waals surface area contributed by atoms with Crippen LogP contribution in [0.25, 0.3) is 33.8 Å². The van der Waals surface area contributed by atoms with Crippen molar-refractivity contribution < 1.29 is 79.8 Å². The number of nitrogens with one attached hydrogen (secondary N) is 4. The van der Waals surface area contributed by atoms with Crippen LogP contribution in [0.5, 0.6) is 29.1 Å². The van der Waals surface area contributed by atoms with Crippen molar-refractivity contribution in [2.45, 2.75) is 109 Å². The average molecular weight is 1730 g/mol. The summed E-state index contributed by atoms with van der Waals surface area (Å²) in [6, 6.07) is 35.0. The summed E-state index contributed by atoms with van der Waals surface area (Å²) in [6.07, 6.45) is -2.29. The molecule has 9 aromatic rings. The van der Waals surface area contributed by atoms with Crippen molar-refractivity contribution in [3.8, 4) is 81.1 Å². The van der Waals surface area contributed by atoms with Crippen LogP contribution in [0.15, 0.2) is 128 Å². The number of hydrogen-bond donors (Lipinski definition) is 5. The molecule has 3 aromatic carbocycles. The summed E-state index contributed by atoms with van der Waals surface area (Å²) >= 11 is 0. The number of hydrogen-bond acceptors (Lipinski definition) is 29. The molecule has 9 heterocycles. The molecule has 0 unspecified atom stereocenters. The molecule has 3 aliphatic heterocycles. The first-order valence-corrected chi connectivity index (χ1v) is 38.5. The van der Waals surface area contributed by atoms with Crippen LogP contribution in [0.4, 0.5) is 62.1 Å². The number of anilines is 6. The van der Waals surface area contributed by atoms with E-state index < -0.39 is 66.0 Å². The number of carbonyl (C=O) groups excluding carboxylic acids is 5. The minimum absolute atomic E-state index is 0. The summed E-state index contributed by atoms with van der Waals surface area (Å²) < 4.78 is 93.8. The van der Waals surface area contributed by atoms with Gasteiger partial charge in [-0.05, 0) is 152 Å². The monoisotopic (exact) mass is 1730 g/mol. The van der Waals surface area contributed by atoms with Crippen molar-refractivity contribution in [1.29, 1.82) is 15.8 Å². The van der Waals surface area contributed by atoms with Gasteiger partial charge in [0.15, 0.2) is 6.17 Å². The Labute approximate surface area is 720 Å². The van der Waals surface area contributed by atoms with E-state index >= 15 is 4.39 Å². The third-order valence-electron chi connectivity index (χ3n) is 18.2. The molecule has 6 atom stereocenters. The highest BCUT2D eigenvalue weighted by atomic mass is 35.5. The van der Waals surface area contributed by atoms with E-state index in [-0.39, 0.29) is 104 Å². The number of amides is 5. The first kappa shape index (κ1) is 95.6. The standard InChI is InChI=1S/C30H34FN7O5.C25H26FN7O3.C20H17FN6O2.C10H18FNO3.ClH/c1-30(2,3)43-29(40)38-12-11-24(21(31)16-38)42-23-9-7-18(13-19(23)15-32)22-14-26(34-17-33-22)35-25-10-8-20(27(36-25)41-6)28(39)37(4)5;1-33(2)25(34)17-5-7-22(32-24(17)35-3)31-23-11-19(29-14-30-23)15-4-6-20(16(10-15)12-27)36-21-8-9-28-13-18(21)26;1-27(2)20(28)14-5-7-17(26-19(14)29-3)25-18-9-16(23-11-24-18)12-4-6-15(21)13(8-12)10-22;1-10(2,3)15-9(14)12-5-4-8(13)7(11)6-12;/h7-10,13-14,17,21,24H,11-12,16H2,1-6H3,(H,33,34,35,36);4-7,10-11,14,18,21,28H,8-9,13H2,1-3H3,(H,29,30,31,32);4-9,11H,1-3H3,(H,23,24,25,26);7-8,13H,4-6H2,1-3H3;1H/t21-,24+;18-,21+;;7-,8+;/m11.1./s1. The zero-order valence-corrected chi connectivity index (χ0v) is 71.6. The molecule has 0 spiro atoms. The number of nitrogens with zero attached hydrogens (tertiary/aromatic N) is 17. The molecule has 12 rings (SSSR count). The zero-order chi connectivity index (χ0) is 89.6. The minimum atomic E-state index is -1.45. The van der Waals surface area contributed by atoms with Crippen molar-refractivity contribution in [1.82, 2.24) is 74.7 Å². The second-order valence-electron chi connectivity index (χ2n) is 30.4. The second-order valence-corrected chi connectivity index (χ2v) is 30.4. The molecular weight excluding hydrogens is 1630 g/mol. The predicted molar refractivity (Wildman–Crippen MR) is 452 cm³/mol. The molecule has 124 heavy (non-hydrogen) atoms. The molecule has 3 aliphatic rings. The summed E-state index contributed by atoms with van der Waals surface area (Å²) in [4.78, 5) is 106. The third kappa shape index (κ3) is 26.3. The molecule has 5 amide bonds. The van der Waals surface area contributed by atoms with Gasteiger partial charge < -0.3 is 84.0 Å². The van der Waals surface area contributed by atoms with Crippen LogP contribution in [0.2, 0.25) is 0 Å². The Bertz CT molecular complexity index is 5400. The van der Waals surface area contributed by atoms with Gasteiger partial charge in [0.25, 0.3) is 17.7 Å². The zero-order valence-electron chi connectivity index (χ0n) is 70.8. The van der Waals surface area contributed by atoms with Crippen LogP contribution in [-0.2, 0) is 9.47 Å². The van der Waals surface area contributed by atoms with E-state index in [4.69, 9.17) is 43.5 Å². The van der Waals surface area contributed by atoms with Gasteiger partial charge in [-0.3, -0.25) is 14.4 Å². The number of benzene rings is 3. The van der Waals surface area contributed by atoms with E-state index in [9.17, 15) is 47.7 Å². The number of carbonyl (C=O) groups is 5. The highest BCUT2D eigenvalue weighted by molar-refractivity contribution is 5.98. The molecule has 39 heteroatoms. The van der Waals surface area contributed by atoms with E-state index in [0.717, 1.165) is 0 Å². The normalized spacial score (nSPS) is 16.4. The first-order valence-electron chi connectivity index (χ1n) is 38.5. The SMILES string of the molecule is CC(C)(C)OC(=O)N1CC[C@H](O)[C@H](F)C1.COc1nc(Nc2cc(-c3ccc(F)c(C#N)c3)ncn2)ccc1C(=O)N(C)C.COc1nc(Nc2cc(-c3ccc(O[C@H]4CCN(C(=O)OC(C)(C)C)C[C@H]4F)c(C#N)c3)ncn2)ccc1C(=O)N(C)C.COc1nc(Nc2cc(-c3ccc(O[C@H]4CCNC[C@H]4F)c(C#N)c3)ncn2)ccc1C(=O)N(C)C.Cl. The molecule has 0 radical (unpaired) electrons. The van der Waals surface area contributed by atoms with Gasteiger partial charge >= 0.3 is 12.2 Å². The van der Waals surface area contributed by atoms with Gasteiger partial charge in [-0.15, -0.1) is 12.4 Å². The number of alkyl halides is 3. The largest absolute Gasteiger partial charge is 0.486 e. The van der Waals surface area contributed by atoms with Crippen LogP contribution in [0.1, 0.15) is 109 Å². The number of aliphatic hydroxyl groups is 1. The highest BCUT2D eigenvalue weighted by Crippen LogP contribution is 2.34. The van der Waals surface area contributed by atoms with Crippen LogP contribution < -0.4 is 45.0 Å². The van der Waals surface area contributed by atoms with Crippen LogP contribution in [0, 0.1) is 39.8 Å². The molecule has 0 aliphatic carbocycles. The molecule has 5 N–H and O–H groups in total. The van der Waals surface area contributed by atoms with Crippen LogP contribution >= 0.6 is 12.4 Å². The van der Waals surface area contributed by atoms with Crippen molar-refractivity contribution in [3.63, 3.8) is 0 Å². The number of aromatic nitrogens is 9. The summed E-state index contributed by atoms with van der Waals surface area (Å²) in [5.41, 5.74) is 3.62. The number of halogens is 5. The molecular formula is C85H96ClF4N21O13. The number of ether oxygens (including phenoxy) is 7. The van der Waals surface area contributed by atoms with Crippen molar-refractivity contribution >= 4 is 77.2 Å². The smallest absolute Gasteiger partial charge is 0.410 e. The second kappa shape index (κ2) is 43.5. The fourth-order valence-electron chi connectivity index (χ4n) is 12.0. The van der Waals surface area contributed by atoms with Gasteiger partial charge in [0.1, 0.15) is 142 Å². The Kier molecular flexibility index (Phi) is 33.6. The number of likely N-dealkylation sites (tertiary alicyclic amines) is 2. The summed E-state index contributed by atoms with van der Waals surface area (Å²) in [5, 5.41) is 49.8.